The van der Waals surface area contributed by atoms with Crippen molar-refractivity contribution in [2.24, 2.45) is 0 Å². The fourth-order valence-electron chi connectivity index (χ4n) is 3.99. The number of carbonyl (C=O) groups is 2. The number of nitriles is 1. The number of hydrogen-bond donors (Lipinski definition) is 1. The van der Waals surface area contributed by atoms with Crippen LogP contribution in [0.25, 0.3) is 0 Å². The van der Waals surface area contributed by atoms with Gasteiger partial charge in [-0.05, 0) is 49.9 Å². The van der Waals surface area contributed by atoms with Gasteiger partial charge in [0, 0.05) is 11.4 Å². The molecule has 0 saturated carbocycles. The van der Waals surface area contributed by atoms with Crippen LogP contribution < -0.4 is 5.32 Å². The van der Waals surface area contributed by atoms with Crippen molar-refractivity contribution in [1.82, 2.24) is 5.32 Å². The van der Waals surface area contributed by atoms with Crippen LogP contribution in [0.4, 0.5) is 4.39 Å². The van der Waals surface area contributed by atoms with Crippen molar-refractivity contribution < 1.29 is 23.5 Å². The third kappa shape index (κ3) is 6.10. The van der Waals surface area contributed by atoms with E-state index in [4.69, 9.17) is 14.7 Å². The molecule has 1 aliphatic rings. The first kappa shape index (κ1) is 24.7. The number of esters is 2. The maximum atomic E-state index is 14.1. The Morgan fingerprint density at radius 3 is 2.24 bits per heavy atom. The van der Waals surface area contributed by atoms with E-state index in [0.29, 0.717) is 23.4 Å². The van der Waals surface area contributed by atoms with Gasteiger partial charge in [0.15, 0.2) is 0 Å². The van der Waals surface area contributed by atoms with Gasteiger partial charge in [-0.3, -0.25) is 0 Å². The summed E-state index contributed by atoms with van der Waals surface area (Å²) in [7, 11) is 0. The summed E-state index contributed by atoms with van der Waals surface area (Å²) in [6, 6.07) is 17.6. The molecule has 1 heterocycles. The van der Waals surface area contributed by atoms with E-state index < -0.39 is 23.7 Å². The molecule has 1 unspecified atom stereocenters. The zero-order valence-electron chi connectivity index (χ0n) is 19.3. The maximum Gasteiger partial charge on any atom is 0.336 e. The van der Waals surface area contributed by atoms with E-state index in [1.54, 1.807) is 19.9 Å². The lowest BCUT2D eigenvalue weighted by molar-refractivity contribution is -0.140. The summed E-state index contributed by atoms with van der Waals surface area (Å²) in [4.78, 5) is 26.1. The molecule has 176 valence electrons. The summed E-state index contributed by atoms with van der Waals surface area (Å²) in [5.74, 6) is -2.61. The minimum absolute atomic E-state index is 0.0430. The minimum atomic E-state index is -0.867. The molecule has 3 rings (SSSR count). The van der Waals surface area contributed by atoms with Crippen molar-refractivity contribution >= 4 is 11.9 Å². The number of halogens is 1. The van der Waals surface area contributed by atoms with Crippen molar-refractivity contribution in [3.63, 3.8) is 0 Å². The lowest BCUT2D eigenvalue weighted by atomic mass is 9.80. The van der Waals surface area contributed by atoms with Crippen LogP contribution in [-0.4, -0.2) is 25.2 Å². The van der Waals surface area contributed by atoms with Crippen LogP contribution in [0.15, 0.2) is 77.1 Å². The monoisotopic (exact) mass is 462 g/mol. The molecular weight excluding hydrogens is 435 g/mol. The van der Waals surface area contributed by atoms with Gasteiger partial charge in [-0.2, -0.15) is 5.26 Å². The first-order chi connectivity index (χ1) is 16.4. The second kappa shape index (κ2) is 11.8. The molecule has 0 bridgehead atoms. The predicted molar refractivity (Wildman–Crippen MR) is 125 cm³/mol. The highest BCUT2D eigenvalue weighted by atomic mass is 19.1. The molecular formula is C27H27FN2O4. The first-order valence-electron chi connectivity index (χ1n) is 11.1. The summed E-state index contributed by atoms with van der Waals surface area (Å²) in [5, 5.41) is 11.8. The quantitative estimate of drug-likeness (QED) is 0.430. The Morgan fingerprint density at radius 1 is 0.971 bits per heavy atom. The van der Waals surface area contributed by atoms with Gasteiger partial charge in [-0.25, -0.2) is 14.0 Å². The van der Waals surface area contributed by atoms with Crippen molar-refractivity contribution in [2.45, 2.75) is 39.0 Å². The zero-order chi connectivity index (χ0) is 24.5. The molecule has 0 aromatic heterocycles. The van der Waals surface area contributed by atoms with Crippen molar-refractivity contribution in [3.8, 4) is 6.07 Å². The normalized spacial score (nSPS) is 15.4. The van der Waals surface area contributed by atoms with E-state index in [1.807, 2.05) is 36.4 Å². The summed E-state index contributed by atoms with van der Waals surface area (Å²) >= 11 is 0. The topological polar surface area (TPSA) is 88.4 Å². The second-order valence-electron chi connectivity index (χ2n) is 7.96. The minimum Gasteiger partial charge on any atom is -0.462 e. The molecule has 0 spiro atoms. The van der Waals surface area contributed by atoms with Gasteiger partial charge in [-0.15, -0.1) is 0 Å². The summed E-state index contributed by atoms with van der Waals surface area (Å²) in [6.45, 7) is 3.53. The highest BCUT2D eigenvalue weighted by molar-refractivity contribution is 5.99. The van der Waals surface area contributed by atoms with E-state index in [-0.39, 0.29) is 30.8 Å². The number of allylic oxidation sites excluding steroid dienone is 2. The predicted octanol–water partition coefficient (Wildman–Crippen LogP) is 4.69. The number of dihydropyridines is 1. The smallest absolute Gasteiger partial charge is 0.336 e. The van der Waals surface area contributed by atoms with Crippen LogP contribution in [0.2, 0.25) is 0 Å². The highest BCUT2D eigenvalue weighted by Crippen LogP contribution is 2.39. The van der Waals surface area contributed by atoms with E-state index in [2.05, 4.69) is 5.32 Å². The molecule has 34 heavy (non-hydrogen) atoms. The standard InChI is InChI=1S/C27H27FN2O4/c1-18-23(26(31)33-15-7-11-20-9-4-3-5-10-20)25(21-12-6-13-22(28)17-21)24(19(2)30-18)27(32)34-16-8-14-29/h3-6,9-10,12-13,17,25,30H,7-8,11,15-16H2,1-2H3. The number of hydrogen-bond acceptors (Lipinski definition) is 6. The van der Waals surface area contributed by atoms with E-state index in [9.17, 15) is 14.0 Å². The number of rotatable bonds is 9. The summed E-state index contributed by atoms with van der Waals surface area (Å²) < 4.78 is 24.9. The molecule has 0 aliphatic carbocycles. The molecule has 6 nitrogen and oxygen atoms in total. The Morgan fingerprint density at radius 2 is 1.62 bits per heavy atom. The average Bonchev–Trinajstić information content (AvgIpc) is 2.82. The number of nitrogens with one attached hydrogen (secondary N) is 1. The Hall–Kier alpha value is -3.92. The van der Waals surface area contributed by atoms with Crippen LogP contribution in [0.3, 0.4) is 0 Å². The Balaban J connectivity index is 1.84. The number of ether oxygens (including phenoxy) is 2. The third-order valence-corrected chi connectivity index (χ3v) is 5.51. The van der Waals surface area contributed by atoms with Gasteiger partial charge in [0.2, 0.25) is 0 Å². The molecule has 0 fully saturated rings. The van der Waals surface area contributed by atoms with Crippen molar-refractivity contribution in [2.75, 3.05) is 13.2 Å². The fraction of sp³-hybridized carbons (Fsp3) is 0.296. The molecule has 2 aromatic rings. The zero-order valence-corrected chi connectivity index (χ0v) is 19.3. The van der Waals surface area contributed by atoms with Gasteiger partial charge in [-0.1, -0.05) is 42.5 Å². The SMILES string of the molecule is CC1=C(C(=O)OCCC#N)C(c2cccc(F)c2)C(C(=O)OCCCc2ccccc2)=C(C)N1. The van der Waals surface area contributed by atoms with E-state index in [0.717, 1.165) is 12.0 Å². The van der Waals surface area contributed by atoms with Gasteiger partial charge in [0.1, 0.15) is 12.4 Å². The second-order valence-corrected chi connectivity index (χ2v) is 7.96. The van der Waals surface area contributed by atoms with Crippen LogP contribution in [0.1, 0.15) is 43.7 Å². The molecule has 1 atom stereocenters. The average molecular weight is 463 g/mol. The number of carbonyl (C=O) groups excluding carboxylic acids is 2. The lowest BCUT2D eigenvalue weighted by Gasteiger charge is -2.30. The summed E-state index contributed by atoms with van der Waals surface area (Å²) in [5.41, 5.74) is 3.01. The third-order valence-electron chi connectivity index (χ3n) is 5.51. The molecule has 1 aliphatic heterocycles. The Bertz CT molecular complexity index is 1150. The van der Waals surface area contributed by atoms with Crippen LogP contribution in [0, 0.1) is 17.1 Å². The molecule has 1 N–H and O–H groups in total. The van der Waals surface area contributed by atoms with Crippen LogP contribution in [-0.2, 0) is 25.5 Å². The summed E-state index contributed by atoms with van der Waals surface area (Å²) in [6.07, 6.45) is 1.44. The van der Waals surface area contributed by atoms with Gasteiger partial charge >= 0.3 is 11.9 Å². The van der Waals surface area contributed by atoms with E-state index >= 15 is 0 Å². The van der Waals surface area contributed by atoms with Gasteiger partial charge in [0.05, 0.1) is 36.2 Å². The number of aryl methyl sites for hydroxylation is 1. The Kier molecular flexibility index (Phi) is 8.58. The molecule has 0 amide bonds. The molecule has 7 heteroatoms. The Labute approximate surface area is 198 Å². The maximum absolute atomic E-state index is 14.1. The lowest BCUT2D eigenvalue weighted by Crippen LogP contribution is -2.32. The highest BCUT2D eigenvalue weighted by Gasteiger charge is 2.38. The van der Waals surface area contributed by atoms with Crippen molar-refractivity contribution in [1.29, 1.82) is 5.26 Å². The number of benzene rings is 2. The first-order valence-corrected chi connectivity index (χ1v) is 11.1. The molecule has 2 aromatic carbocycles. The largest absolute Gasteiger partial charge is 0.462 e. The van der Waals surface area contributed by atoms with Crippen LogP contribution >= 0.6 is 0 Å². The van der Waals surface area contributed by atoms with Gasteiger partial charge in [0.25, 0.3) is 0 Å². The van der Waals surface area contributed by atoms with Gasteiger partial charge < -0.3 is 14.8 Å². The number of nitrogens with zero attached hydrogens (tertiary/aromatic N) is 1. The molecule has 0 radical (unpaired) electrons. The van der Waals surface area contributed by atoms with Crippen molar-refractivity contribution in [3.05, 3.63) is 94.1 Å². The van der Waals surface area contributed by atoms with Crippen LogP contribution in [0.5, 0.6) is 0 Å². The molecule has 0 saturated heterocycles. The van der Waals surface area contributed by atoms with E-state index in [1.165, 1.54) is 18.2 Å². The fourth-order valence-corrected chi connectivity index (χ4v) is 3.99.